The predicted molar refractivity (Wildman–Crippen MR) is 134 cm³/mol. The number of aliphatic carboxylic acids is 1. The highest BCUT2D eigenvalue weighted by atomic mass is 32.2. The largest absolute Gasteiger partial charge is 0.477 e. The fraction of sp³-hybridized carbons (Fsp3) is 0.421. The van der Waals surface area contributed by atoms with Gasteiger partial charge in [-0.15, -0.1) is 28.2 Å². The number of β-lactam (4-membered cyclic amide) rings is 1. The average Bonchev–Trinajstić information content (AvgIpc) is 3.49. The number of carbonyl (C=O) groups is 4. The molecule has 1 saturated heterocycles. The molecule has 0 saturated carbocycles. The number of hydrogen-bond acceptors (Lipinski definition) is 13. The van der Waals surface area contributed by atoms with Crippen molar-refractivity contribution in [1.82, 2.24) is 35.4 Å². The minimum absolute atomic E-state index is 0.108. The van der Waals surface area contributed by atoms with Crippen LogP contribution in [0.4, 0.5) is 5.13 Å². The van der Waals surface area contributed by atoms with Gasteiger partial charge in [-0.3, -0.25) is 19.3 Å². The lowest BCUT2D eigenvalue weighted by molar-refractivity contribution is -0.150. The van der Waals surface area contributed by atoms with Gasteiger partial charge in [0, 0.05) is 23.9 Å². The van der Waals surface area contributed by atoms with Crippen molar-refractivity contribution in [2.24, 2.45) is 12.2 Å². The SMILES string of the molecule is CC(C)O/N=C(\C(=O)NC1C(=O)N2C(C(=O)O)=C(CSc3nnnn3C)CS[C@H]12)c1csc(NC=O)n1. The number of oxime groups is 1. The lowest BCUT2D eigenvalue weighted by atomic mass is 10.0. The molecule has 0 aliphatic carbocycles. The molecule has 2 aliphatic heterocycles. The Morgan fingerprint density at radius 1 is 1.43 bits per heavy atom. The Kier molecular flexibility index (Phi) is 8.08. The summed E-state index contributed by atoms with van der Waals surface area (Å²) in [6, 6.07) is -0.973. The van der Waals surface area contributed by atoms with Gasteiger partial charge < -0.3 is 20.6 Å². The Labute approximate surface area is 222 Å². The molecule has 4 rings (SSSR count). The molecule has 0 radical (unpaired) electrons. The summed E-state index contributed by atoms with van der Waals surface area (Å²) < 4.78 is 1.47. The number of thioether (sulfide) groups is 2. The molecule has 2 aromatic heterocycles. The van der Waals surface area contributed by atoms with Crippen LogP contribution in [-0.4, -0.2) is 94.1 Å². The van der Waals surface area contributed by atoms with E-state index in [0.717, 1.165) is 11.3 Å². The number of rotatable bonds is 11. The van der Waals surface area contributed by atoms with Gasteiger partial charge in [-0.2, -0.15) is 0 Å². The van der Waals surface area contributed by atoms with Gasteiger partial charge in [-0.05, 0) is 29.8 Å². The smallest absolute Gasteiger partial charge is 0.352 e. The van der Waals surface area contributed by atoms with Crippen LogP contribution in [0.5, 0.6) is 0 Å². The fourth-order valence-electron chi connectivity index (χ4n) is 3.36. The molecule has 37 heavy (non-hydrogen) atoms. The molecule has 1 unspecified atom stereocenters. The Bertz CT molecular complexity index is 1290. The molecule has 2 aliphatic rings. The predicted octanol–water partition coefficient (Wildman–Crippen LogP) is -0.105. The van der Waals surface area contributed by atoms with Gasteiger partial charge >= 0.3 is 5.97 Å². The molecule has 0 bridgehead atoms. The van der Waals surface area contributed by atoms with Crippen LogP contribution in [0.15, 0.2) is 27.0 Å². The molecule has 2 atom stereocenters. The Morgan fingerprint density at radius 2 is 2.22 bits per heavy atom. The number of thiazole rings is 1. The van der Waals surface area contributed by atoms with Crippen molar-refractivity contribution in [3.63, 3.8) is 0 Å². The zero-order chi connectivity index (χ0) is 26.7. The summed E-state index contributed by atoms with van der Waals surface area (Å²) in [6.45, 7) is 3.45. The first kappa shape index (κ1) is 26.6. The van der Waals surface area contributed by atoms with E-state index in [2.05, 4.69) is 36.3 Å². The quantitative estimate of drug-likeness (QED) is 0.107. The molecule has 0 aromatic carbocycles. The third kappa shape index (κ3) is 5.59. The van der Waals surface area contributed by atoms with Crippen molar-refractivity contribution >= 4 is 69.9 Å². The molecule has 196 valence electrons. The van der Waals surface area contributed by atoms with Gasteiger partial charge in [0.1, 0.15) is 28.9 Å². The van der Waals surface area contributed by atoms with Crippen LogP contribution < -0.4 is 10.6 Å². The third-order valence-electron chi connectivity index (χ3n) is 4.99. The van der Waals surface area contributed by atoms with Crippen molar-refractivity contribution < 1.29 is 29.1 Å². The molecule has 2 aromatic rings. The number of aryl methyl sites for hydroxylation is 1. The van der Waals surface area contributed by atoms with Crippen molar-refractivity contribution in [1.29, 1.82) is 0 Å². The number of aromatic nitrogens is 5. The Morgan fingerprint density at radius 3 is 2.86 bits per heavy atom. The number of carboxylic acid groups (broad SMARTS) is 1. The first-order valence-electron chi connectivity index (χ1n) is 10.7. The van der Waals surface area contributed by atoms with Crippen molar-refractivity contribution in [3.8, 4) is 0 Å². The maximum absolute atomic E-state index is 13.1. The molecular weight excluding hydrogens is 546 g/mol. The first-order valence-corrected chi connectivity index (χ1v) is 13.6. The molecular formula is C19H21N9O6S3. The molecule has 0 spiro atoms. The van der Waals surface area contributed by atoms with Crippen LogP contribution in [-0.2, 0) is 31.1 Å². The second-order valence-corrected chi connectivity index (χ2v) is 10.8. The number of nitrogens with zero attached hydrogens (tertiary/aromatic N) is 7. The van der Waals surface area contributed by atoms with Crippen LogP contribution in [0, 0.1) is 0 Å². The highest BCUT2D eigenvalue weighted by molar-refractivity contribution is 8.01. The standard InChI is InChI=1S/C19H21N9O6S3/c1-8(2)34-24-11(10-6-36-18(21-10)20-7-29)14(30)22-12-15(31)28-13(17(32)33)9(4-35-16(12)28)5-37-19-23-25-26-27(19)3/h6-8,12,16H,4-5H2,1-3H3,(H,22,30)(H,32,33)(H,20,21,29)/b24-11-/t12?,16-/m1/s1. The number of fused-ring (bicyclic) bond motifs is 1. The number of nitrogens with one attached hydrogen (secondary N) is 2. The first-order chi connectivity index (χ1) is 17.7. The molecule has 18 heteroatoms. The lowest BCUT2D eigenvalue weighted by Gasteiger charge is -2.49. The zero-order valence-electron chi connectivity index (χ0n) is 19.6. The zero-order valence-corrected chi connectivity index (χ0v) is 22.1. The molecule has 3 N–H and O–H groups in total. The van der Waals surface area contributed by atoms with Crippen LogP contribution in [0.25, 0.3) is 0 Å². The molecule has 4 heterocycles. The van der Waals surface area contributed by atoms with E-state index in [1.54, 1.807) is 20.9 Å². The number of anilines is 1. The molecule has 15 nitrogen and oxygen atoms in total. The number of carboxylic acids is 1. The van der Waals surface area contributed by atoms with E-state index in [1.165, 1.54) is 38.5 Å². The highest BCUT2D eigenvalue weighted by Crippen LogP contribution is 2.41. The normalized spacial score (nSPS) is 19.4. The number of hydrogen-bond donors (Lipinski definition) is 3. The topological polar surface area (TPSA) is 194 Å². The summed E-state index contributed by atoms with van der Waals surface area (Å²) in [6.07, 6.45) is 0.122. The van der Waals surface area contributed by atoms with E-state index >= 15 is 0 Å². The van der Waals surface area contributed by atoms with E-state index in [9.17, 15) is 24.3 Å². The number of carbonyl (C=O) groups excluding carboxylic acids is 3. The maximum atomic E-state index is 13.1. The van der Waals surface area contributed by atoms with E-state index in [-0.39, 0.29) is 34.1 Å². The van der Waals surface area contributed by atoms with Gasteiger partial charge in [-0.1, -0.05) is 16.9 Å². The van der Waals surface area contributed by atoms with Crippen LogP contribution in [0.1, 0.15) is 19.5 Å². The fourth-order valence-corrected chi connectivity index (χ4v) is 6.35. The Hall–Kier alpha value is -3.51. The van der Waals surface area contributed by atoms with Gasteiger partial charge in [0.25, 0.3) is 11.8 Å². The lowest BCUT2D eigenvalue weighted by Crippen LogP contribution is -2.71. The third-order valence-corrected chi connectivity index (χ3v) is 8.20. The summed E-state index contributed by atoms with van der Waals surface area (Å²) in [7, 11) is 1.67. The second-order valence-electron chi connectivity index (χ2n) is 7.89. The van der Waals surface area contributed by atoms with Crippen LogP contribution >= 0.6 is 34.9 Å². The van der Waals surface area contributed by atoms with Crippen molar-refractivity contribution in [2.45, 2.75) is 36.5 Å². The van der Waals surface area contributed by atoms with E-state index in [0.29, 0.717) is 22.9 Å². The minimum Gasteiger partial charge on any atom is -0.477 e. The monoisotopic (exact) mass is 567 g/mol. The summed E-state index contributed by atoms with van der Waals surface area (Å²) in [5.74, 6) is -1.90. The van der Waals surface area contributed by atoms with Crippen LogP contribution in [0.3, 0.4) is 0 Å². The van der Waals surface area contributed by atoms with Gasteiger partial charge in [0.2, 0.25) is 11.6 Å². The number of tetrazole rings is 1. The highest BCUT2D eigenvalue weighted by Gasteiger charge is 2.54. The van der Waals surface area contributed by atoms with Gasteiger partial charge in [0.05, 0.1) is 0 Å². The summed E-state index contributed by atoms with van der Waals surface area (Å²) >= 11 is 3.68. The maximum Gasteiger partial charge on any atom is 0.352 e. The van der Waals surface area contributed by atoms with Gasteiger partial charge in [0.15, 0.2) is 10.8 Å². The van der Waals surface area contributed by atoms with Crippen molar-refractivity contribution in [3.05, 3.63) is 22.3 Å². The molecule has 3 amide bonds. The number of amides is 3. The average molecular weight is 568 g/mol. The van der Waals surface area contributed by atoms with E-state index in [4.69, 9.17) is 4.84 Å². The summed E-state index contributed by atoms with van der Waals surface area (Å²) in [4.78, 5) is 59.5. The summed E-state index contributed by atoms with van der Waals surface area (Å²) in [5, 5.41) is 31.6. The van der Waals surface area contributed by atoms with E-state index < -0.39 is 29.2 Å². The Balaban J connectivity index is 1.50. The summed E-state index contributed by atoms with van der Waals surface area (Å²) in [5.41, 5.74) is 0.406. The molecule has 1 fully saturated rings. The van der Waals surface area contributed by atoms with Crippen LogP contribution in [0.2, 0.25) is 0 Å². The van der Waals surface area contributed by atoms with Crippen molar-refractivity contribution in [2.75, 3.05) is 16.8 Å². The minimum atomic E-state index is -1.24. The van der Waals surface area contributed by atoms with E-state index in [1.807, 2.05) is 0 Å². The van der Waals surface area contributed by atoms with Gasteiger partial charge in [-0.25, -0.2) is 14.5 Å². The second kappa shape index (κ2) is 11.3.